The van der Waals surface area contributed by atoms with Gasteiger partial charge in [-0.2, -0.15) is 0 Å². The Morgan fingerprint density at radius 2 is 1.71 bits per heavy atom. The van der Waals surface area contributed by atoms with Crippen molar-refractivity contribution in [1.29, 1.82) is 0 Å². The van der Waals surface area contributed by atoms with Gasteiger partial charge < -0.3 is 10.1 Å². The van der Waals surface area contributed by atoms with Gasteiger partial charge in [0, 0.05) is 21.8 Å². The molecule has 0 atom stereocenters. The standard InChI is InChI=1S/C23H19Cl2NO2/c1-16-21(25)3-2-4-22(16)26-23(27)14-9-17-7-12-20(13-8-17)28-15-18-5-10-19(24)11-6-18/h2-14H,15H2,1H3,(H,26,27)/b14-9+. The molecule has 5 heteroatoms. The average Bonchev–Trinajstić information content (AvgIpc) is 2.70. The molecule has 1 amide bonds. The van der Waals surface area contributed by atoms with E-state index >= 15 is 0 Å². The molecule has 3 aromatic carbocycles. The highest BCUT2D eigenvalue weighted by Gasteiger charge is 2.04. The van der Waals surface area contributed by atoms with E-state index in [0.717, 1.165) is 22.4 Å². The van der Waals surface area contributed by atoms with Crippen molar-refractivity contribution < 1.29 is 9.53 Å². The van der Waals surface area contributed by atoms with Gasteiger partial charge >= 0.3 is 0 Å². The molecule has 0 unspecified atom stereocenters. The molecule has 0 aliphatic rings. The Balaban J connectivity index is 1.55. The minimum Gasteiger partial charge on any atom is -0.489 e. The summed E-state index contributed by atoms with van der Waals surface area (Å²) in [4.78, 5) is 12.1. The molecular formula is C23H19Cl2NO2. The van der Waals surface area contributed by atoms with E-state index in [-0.39, 0.29) is 5.91 Å². The third-order valence-electron chi connectivity index (χ3n) is 4.15. The maximum absolute atomic E-state index is 12.1. The van der Waals surface area contributed by atoms with Crippen molar-refractivity contribution in [2.24, 2.45) is 0 Å². The first kappa shape index (κ1) is 20.0. The summed E-state index contributed by atoms with van der Waals surface area (Å²) in [6.07, 6.45) is 3.24. The maximum Gasteiger partial charge on any atom is 0.248 e. The minimum atomic E-state index is -0.214. The van der Waals surface area contributed by atoms with Crippen LogP contribution in [-0.2, 0) is 11.4 Å². The van der Waals surface area contributed by atoms with Crippen molar-refractivity contribution in [3.05, 3.63) is 99.5 Å². The number of benzene rings is 3. The van der Waals surface area contributed by atoms with E-state index in [0.29, 0.717) is 22.3 Å². The van der Waals surface area contributed by atoms with Crippen molar-refractivity contribution in [1.82, 2.24) is 0 Å². The van der Waals surface area contributed by atoms with Crippen LogP contribution in [0.1, 0.15) is 16.7 Å². The SMILES string of the molecule is Cc1c(Cl)cccc1NC(=O)/C=C/c1ccc(OCc2ccc(Cl)cc2)cc1. The predicted octanol–water partition coefficient (Wildman–Crippen LogP) is 6.53. The third-order valence-corrected chi connectivity index (χ3v) is 4.81. The summed E-state index contributed by atoms with van der Waals surface area (Å²) in [6, 6.07) is 20.5. The van der Waals surface area contributed by atoms with Crippen LogP contribution >= 0.6 is 23.2 Å². The van der Waals surface area contributed by atoms with E-state index in [1.54, 1.807) is 18.2 Å². The lowest BCUT2D eigenvalue weighted by atomic mass is 10.2. The number of anilines is 1. The Morgan fingerprint density at radius 1 is 1.00 bits per heavy atom. The van der Waals surface area contributed by atoms with E-state index in [1.165, 1.54) is 6.08 Å². The van der Waals surface area contributed by atoms with Crippen LogP contribution in [0, 0.1) is 6.92 Å². The minimum absolute atomic E-state index is 0.214. The molecule has 0 fully saturated rings. The highest BCUT2D eigenvalue weighted by Crippen LogP contribution is 2.23. The van der Waals surface area contributed by atoms with E-state index in [9.17, 15) is 4.79 Å². The Bertz CT molecular complexity index is 980. The molecule has 0 heterocycles. The lowest BCUT2D eigenvalue weighted by molar-refractivity contribution is -0.111. The quantitative estimate of drug-likeness (QED) is 0.468. The number of hydrogen-bond acceptors (Lipinski definition) is 2. The van der Waals surface area contributed by atoms with Crippen LogP contribution in [0.5, 0.6) is 5.75 Å². The van der Waals surface area contributed by atoms with E-state index < -0.39 is 0 Å². The Labute approximate surface area is 174 Å². The number of nitrogens with one attached hydrogen (secondary N) is 1. The Hall–Kier alpha value is -2.75. The monoisotopic (exact) mass is 411 g/mol. The molecule has 0 spiro atoms. The van der Waals surface area contributed by atoms with Crippen molar-refractivity contribution in [3.63, 3.8) is 0 Å². The second-order valence-corrected chi connectivity index (χ2v) is 7.06. The van der Waals surface area contributed by atoms with Gasteiger partial charge in [-0.3, -0.25) is 4.79 Å². The van der Waals surface area contributed by atoms with Gasteiger partial charge in [-0.25, -0.2) is 0 Å². The number of rotatable bonds is 6. The van der Waals surface area contributed by atoms with Gasteiger partial charge in [0.25, 0.3) is 0 Å². The first-order valence-electron chi connectivity index (χ1n) is 8.73. The normalized spacial score (nSPS) is 10.8. The van der Waals surface area contributed by atoms with Gasteiger partial charge in [0.15, 0.2) is 0 Å². The fourth-order valence-corrected chi connectivity index (χ4v) is 2.81. The molecule has 1 N–H and O–H groups in total. The highest BCUT2D eigenvalue weighted by molar-refractivity contribution is 6.31. The van der Waals surface area contributed by atoms with Gasteiger partial charge in [-0.15, -0.1) is 0 Å². The summed E-state index contributed by atoms with van der Waals surface area (Å²) in [5, 5.41) is 4.16. The number of halogens is 2. The third kappa shape index (κ3) is 5.62. The van der Waals surface area contributed by atoms with Crippen LogP contribution in [0.2, 0.25) is 10.0 Å². The number of amides is 1. The smallest absolute Gasteiger partial charge is 0.248 e. The lowest BCUT2D eigenvalue weighted by Gasteiger charge is -2.08. The average molecular weight is 412 g/mol. The molecule has 0 radical (unpaired) electrons. The van der Waals surface area contributed by atoms with Crippen LogP contribution in [0.4, 0.5) is 5.69 Å². The van der Waals surface area contributed by atoms with Crippen LogP contribution in [0.25, 0.3) is 6.08 Å². The lowest BCUT2D eigenvalue weighted by Crippen LogP contribution is -2.08. The van der Waals surface area contributed by atoms with E-state index in [1.807, 2.05) is 61.5 Å². The second kappa shape index (κ2) is 9.45. The molecule has 0 aliphatic carbocycles. The van der Waals surface area contributed by atoms with Crippen LogP contribution in [0.15, 0.2) is 72.8 Å². The first-order valence-corrected chi connectivity index (χ1v) is 9.48. The highest BCUT2D eigenvalue weighted by atomic mass is 35.5. The molecule has 142 valence electrons. The first-order chi connectivity index (χ1) is 13.5. The summed E-state index contributed by atoms with van der Waals surface area (Å²) in [6.45, 7) is 2.33. The molecule has 3 nitrogen and oxygen atoms in total. The molecule has 0 saturated carbocycles. The number of hydrogen-bond donors (Lipinski definition) is 1. The summed E-state index contributed by atoms with van der Waals surface area (Å²) in [7, 11) is 0. The number of carbonyl (C=O) groups is 1. The molecule has 0 saturated heterocycles. The van der Waals surface area contributed by atoms with Crippen molar-refractivity contribution in [2.75, 3.05) is 5.32 Å². The molecule has 0 aliphatic heterocycles. The largest absolute Gasteiger partial charge is 0.489 e. The number of ether oxygens (including phenoxy) is 1. The van der Waals surface area contributed by atoms with E-state index in [2.05, 4.69) is 5.32 Å². The van der Waals surface area contributed by atoms with E-state index in [4.69, 9.17) is 27.9 Å². The maximum atomic E-state index is 12.1. The fourth-order valence-electron chi connectivity index (χ4n) is 2.51. The van der Waals surface area contributed by atoms with Crippen molar-refractivity contribution >= 4 is 40.9 Å². The van der Waals surface area contributed by atoms with Gasteiger partial charge in [0.2, 0.25) is 5.91 Å². The zero-order valence-corrected chi connectivity index (χ0v) is 16.8. The Morgan fingerprint density at radius 3 is 2.43 bits per heavy atom. The zero-order chi connectivity index (χ0) is 19.9. The Kier molecular flexibility index (Phi) is 6.75. The fraction of sp³-hybridized carbons (Fsp3) is 0.0870. The van der Waals surface area contributed by atoms with Crippen LogP contribution < -0.4 is 10.1 Å². The zero-order valence-electron chi connectivity index (χ0n) is 15.3. The second-order valence-electron chi connectivity index (χ2n) is 6.22. The van der Waals surface area contributed by atoms with Crippen molar-refractivity contribution in [2.45, 2.75) is 13.5 Å². The summed E-state index contributed by atoms with van der Waals surface area (Å²) in [5.74, 6) is 0.541. The molecule has 0 bridgehead atoms. The summed E-state index contributed by atoms with van der Waals surface area (Å²) in [5.41, 5.74) is 3.49. The van der Waals surface area contributed by atoms with Gasteiger partial charge in [0.1, 0.15) is 12.4 Å². The summed E-state index contributed by atoms with van der Waals surface area (Å²) >= 11 is 11.9. The van der Waals surface area contributed by atoms with Gasteiger partial charge in [-0.05, 0) is 66.1 Å². The predicted molar refractivity (Wildman–Crippen MR) is 116 cm³/mol. The van der Waals surface area contributed by atoms with Gasteiger partial charge in [-0.1, -0.05) is 53.5 Å². The molecular weight excluding hydrogens is 393 g/mol. The molecule has 3 aromatic rings. The van der Waals surface area contributed by atoms with Crippen LogP contribution in [0.3, 0.4) is 0 Å². The molecule has 0 aromatic heterocycles. The number of carbonyl (C=O) groups excluding carboxylic acids is 1. The van der Waals surface area contributed by atoms with Gasteiger partial charge in [0.05, 0.1) is 0 Å². The van der Waals surface area contributed by atoms with Crippen LogP contribution in [-0.4, -0.2) is 5.91 Å². The topological polar surface area (TPSA) is 38.3 Å². The molecule has 3 rings (SSSR count). The summed E-state index contributed by atoms with van der Waals surface area (Å²) < 4.78 is 5.76. The van der Waals surface area contributed by atoms with Crippen molar-refractivity contribution in [3.8, 4) is 5.75 Å². The molecule has 28 heavy (non-hydrogen) atoms.